The van der Waals surface area contributed by atoms with E-state index in [4.69, 9.17) is 0 Å². The molecular weight excluding hydrogens is 424 g/mol. The van der Waals surface area contributed by atoms with Crippen LogP contribution in [0, 0.1) is 0 Å². The molecule has 7 nitrogen and oxygen atoms in total. The molecule has 0 atom stereocenters. The fourth-order valence-corrected chi connectivity index (χ4v) is 3.57. The van der Waals surface area contributed by atoms with Gasteiger partial charge < -0.3 is 21.1 Å². The first kappa shape index (κ1) is 21.4. The van der Waals surface area contributed by atoms with Crippen molar-refractivity contribution in [3.8, 4) is 0 Å². The summed E-state index contributed by atoms with van der Waals surface area (Å²) in [5.41, 5.74) is 1.95. The molecule has 1 saturated carbocycles. The zero-order chi connectivity index (χ0) is 22.2. The topological polar surface area (TPSA) is 99.2 Å². The fourth-order valence-electron chi connectivity index (χ4n) is 2.86. The first-order chi connectivity index (χ1) is 14.6. The largest absolute Gasteiger partial charge is 0.384 e. The van der Waals surface area contributed by atoms with Crippen molar-refractivity contribution in [1.29, 1.82) is 0 Å². The van der Waals surface area contributed by atoms with Gasteiger partial charge in [-0.1, -0.05) is 0 Å². The van der Waals surface area contributed by atoms with E-state index < -0.39 is 24.0 Å². The number of nitrogens with zero attached hydrogens (tertiary/aromatic N) is 2. The molecule has 1 aromatic carbocycles. The normalized spacial score (nSPS) is 14.5. The van der Waals surface area contributed by atoms with E-state index in [2.05, 4.69) is 25.9 Å². The summed E-state index contributed by atoms with van der Waals surface area (Å²) in [5.74, 6) is -3.64. The highest BCUT2D eigenvalue weighted by molar-refractivity contribution is 7.16. The molecule has 164 valence electrons. The van der Waals surface area contributed by atoms with Crippen LogP contribution in [0.5, 0.6) is 0 Å². The number of hydrogen-bond donors (Lipinski definition) is 4. The standard InChI is InChI=1S/C21H23F2N5O2S/c1-20(2,30)21(22,23)10-25-19(29)14-9-24-18(8-16(14)27-12-3-4-12)28-13-5-6-15-17(7-13)31-11-26-15/h5-9,11-12,30H,3-4,10H2,1-2H3,(H,25,29)(H2,24,27,28). The van der Waals surface area contributed by atoms with Gasteiger partial charge in [-0.3, -0.25) is 4.79 Å². The third-order valence-corrected chi connectivity index (χ3v) is 5.85. The minimum absolute atomic E-state index is 0.168. The van der Waals surface area contributed by atoms with Crippen molar-refractivity contribution in [2.24, 2.45) is 0 Å². The number of rotatable bonds is 8. The Balaban J connectivity index is 1.53. The number of halogens is 2. The Hall–Kier alpha value is -2.85. The average Bonchev–Trinajstić information content (AvgIpc) is 3.39. The first-order valence-electron chi connectivity index (χ1n) is 9.88. The summed E-state index contributed by atoms with van der Waals surface area (Å²) >= 11 is 1.53. The van der Waals surface area contributed by atoms with Gasteiger partial charge in [0.2, 0.25) is 0 Å². The van der Waals surface area contributed by atoms with Gasteiger partial charge in [0.25, 0.3) is 11.8 Å². The van der Waals surface area contributed by atoms with E-state index in [1.54, 1.807) is 11.6 Å². The van der Waals surface area contributed by atoms with E-state index in [-0.39, 0.29) is 11.6 Å². The quantitative estimate of drug-likeness (QED) is 0.414. The molecule has 4 N–H and O–H groups in total. The summed E-state index contributed by atoms with van der Waals surface area (Å²) in [5, 5.41) is 18.3. The number of amides is 1. The number of alkyl halides is 2. The molecule has 31 heavy (non-hydrogen) atoms. The maximum Gasteiger partial charge on any atom is 0.292 e. The fraction of sp³-hybridized carbons (Fsp3) is 0.381. The van der Waals surface area contributed by atoms with Gasteiger partial charge in [-0.05, 0) is 44.9 Å². The smallest absolute Gasteiger partial charge is 0.292 e. The second kappa shape index (κ2) is 8.01. The molecule has 1 aliphatic carbocycles. The molecule has 1 amide bonds. The van der Waals surface area contributed by atoms with Gasteiger partial charge in [-0.15, -0.1) is 11.3 Å². The summed E-state index contributed by atoms with van der Waals surface area (Å²) in [7, 11) is 0. The summed E-state index contributed by atoms with van der Waals surface area (Å²) in [6.45, 7) is 1.03. The molecule has 3 aromatic rings. The van der Waals surface area contributed by atoms with Crippen molar-refractivity contribution < 1.29 is 18.7 Å². The Labute approximate surface area is 181 Å². The minimum Gasteiger partial charge on any atom is -0.384 e. The number of carbonyl (C=O) groups is 1. The third kappa shape index (κ3) is 4.91. The Morgan fingerprint density at radius 3 is 2.74 bits per heavy atom. The Kier molecular flexibility index (Phi) is 5.52. The van der Waals surface area contributed by atoms with E-state index in [0.717, 1.165) is 42.6 Å². The summed E-state index contributed by atoms with van der Waals surface area (Å²) in [6.07, 6.45) is 3.31. The van der Waals surface area contributed by atoms with Crippen molar-refractivity contribution in [3.05, 3.63) is 41.5 Å². The van der Waals surface area contributed by atoms with Crippen LogP contribution in [0.1, 0.15) is 37.0 Å². The highest BCUT2D eigenvalue weighted by Crippen LogP contribution is 2.31. The maximum atomic E-state index is 14.0. The predicted octanol–water partition coefficient (Wildman–Crippen LogP) is 4.15. The van der Waals surface area contributed by atoms with Gasteiger partial charge in [0.05, 0.1) is 33.5 Å². The molecule has 0 saturated heterocycles. The van der Waals surface area contributed by atoms with Crippen molar-refractivity contribution in [2.75, 3.05) is 17.2 Å². The molecule has 1 fully saturated rings. The monoisotopic (exact) mass is 447 g/mol. The highest BCUT2D eigenvalue weighted by Gasteiger charge is 2.45. The van der Waals surface area contributed by atoms with E-state index >= 15 is 0 Å². The van der Waals surface area contributed by atoms with E-state index in [0.29, 0.717) is 11.5 Å². The molecule has 2 heterocycles. The van der Waals surface area contributed by atoms with Gasteiger partial charge >= 0.3 is 0 Å². The lowest BCUT2D eigenvalue weighted by atomic mass is 10.0. The van der Waals surface area contributed by atoms with Crippen LogP contribution in [-0.4, -0.2) is 45.1 Å². The van der Waals surface area contributed by atoms with Gasteiger partial charge in [0.1, 0.15) is 11.4 Å². The van der Waals surface area contributed by atoms with Crippen molar-refractivity contribution in [1.82, 2.24) is 15.3 Å². The molecular formula is C21H23F2N5O2S. The Morgan fingerprint density at radius 1 is 1.26 bits per heavy atom. The van der Waals surface area contributed by atoms with Gasteiger partial charge in [0, 0.05) is 24.0 Å². The number of nitrogens with one attached hydrogen (secondary N) is 3. The van der Waals surface area contributed by atoms with Gasteiger partial charge in [0.15, 0.2) is 0 Å². The molecule has 1 aliphatic rings. The SMILES string of the molecule is CC(C)(O)C(F)(F)CNC(=O)c1cnc(Nc2ccc3ncsc3c2)cc1NC1CC1. The molecule has 4 rings (SSSR count). The van der Waals surface area contributed by atoms with Gasteiger partial charge in [-0.2, -0.15) is 0 Å². The van der Waals surface area contributed by atoms with Crippen LogP contribution >= 0.6 is 11.3 Å². The van der Waals surface area contributed by atoms with Crippen LogP contribution in [0.2, 0.25) is 0 Å². The second-order valence-corrected chi connectivity index (χ2v) is 9.03. The van der Waals surface area contributed by atoms with E-state index in [1.165, 1.54) is 17.5 Å². The predicted molar refractivity (Wildman–Crippen MR) is 117 cm³/mol. The average molecular weight is 448 g/mol. The minimum atomic E-state index is -3.48. The van der Waals surface area contributed by atoms with Crippen molar-refractivity contribution >= 4 is 44.7 Å². The molecule has 0 unspecified atom stereocenters. The van der Waals surface area contributed by atoms with Crippen LogP contribution in [0.15, 0.2) is 36.0 Å². The number of hydrogen-bond acceptors (Lipinski definition) is 7. The number of fused-ring (bicyclic) bond motifs is 1. The number of anilines is 3. The number of aromatic nitrogens is 2. The van der Waals surface area contributed by atoms with Crippen LogP contribution in [0.3, 0.4) is 0 Å². The number of thiazole rings is 1. The number of carbonyl (C=O) groups excluding carboxylic acids is 1. The lowest BCUT2D eigenvalue weighted by Crippen LogP contribution is -2.50. The number of pyridine rings is 1. The van der Waals surface area contributed by atoms with E-state index in [1.807, 2.05) is 18.2 Å². The number of aliphatic hydroxyl groups is 1. The lowest BCUT2D eigenvalue weighted by molar-refractivity contribution is -0.156. The lowest BCUT2D eigenvalue weighted by Gasteiger charge is -2.29. The zero-order valence-corrected chi connectivity index (χ0v) is 17.9. The second-order valence-electron chi connectivity index (χ2n) is 8.14. The molecule has 0 spiro atoms. The molecule has 2 aromatic heterocycles. The summed E-state index contributed by atoms with van der Waals surface area (Å²) < 4.78 is 29.1. The number of benzene rings is 1. The summed E-state index contributed by atoms with van der Waals surface area (Å²) in [4.78, 5) is 21.1. The molecule has 10 heteroatoms. The Bertz CT molecular complexity index is 1110. The summed E-state index contributed by atoms with van der Waals surface area (Å²) in [6, 6.07) is 7.69. The van der Waals surface area contributed by atoms with Crippen LogP contribution < -0.4 is 16.0 Å². The van der Waals surface area contributed by atoms with Crippen LogP contribution in [0.25, 0.3) is 10.2 Å². The van der Waals surface area contributed by atoms with Crippen molar-refractivity contribution in [2.45, 2.75) is 44.3 Å². The van der Waals surface area contributed by atoms with Crippen LogP contribution in [0.4, 0.5) is 26.0 Å². The molecule has 0 aliphatic heterocycles. The van der Waals surface area contributed by atoms with E-state index in [9.17, 15) is 18.7 Å². The molecule has 0 bridgehead atoms. The van der Waals surface area contributed by atoms with Gasteiger partial charge in [-0.25, -0.2) is 18.7 Å². The first-order valence-corrected chi connectivity index (χ1v) is 10.8. The third-order valence-electron chi connectivity index (χ3n) is 5.06. The zero-order valence-electron chi connectivity index (χ0n) is 17.1. The van der Waals surface area contributed by atoms with Crippen LogP contribution in [-0.2, 0) is 0 Å². The maximum absolute atomic E-state index is 14.0. The van der Waals surface area contributed by atoms with Crippen molar-refractivity contribution in [3.63, 3.8) is 0 Å². The highest BCUT2D eigenvalue weighted by atomic mass is 32.1. The Morgan fingerprint density at radius 2 is 2.03 bits per heavy atom. The molecule has 0 radical (unpaired) electrons.